The molecule has 1 saturated heterocycles. The van der Waals surface area contributed by atoms with Crippen molar-refractivity contribution in [3.8, 4) is 0 Å². The highest BCUT2D eigenvalue weighted by atomic mass is 79.9. The summed E-state index contributed by atoms with van der Waals surface area (Å²) >= 11 is 12.0. The number of hydrogen-bond donors (Lipinski definition) is 0. The molecular weight excluding hydrogens is 390 g/mol. The topological polar surface area (TPSA) is 3.24 Å². The van der Waals surface area contributed by atoms with Crippen molar-refractivity contribution in [2.75, 3.05) is 6.54 Å². The van der Waals surface area contributed by atoms with E-state index in [2.05, 4.69) is 63.3 Å². The van der Waals surface area contributed by atoms with Gasteiger partial charge in [0.2, 0.25) is 0 Å². The van der Waals surface area contributed by atoms with Gasteiger partial charge in [0, 0.05) is 39.1 Å². The van der Waals surface area contributed by atoms with Crippen LogP contribution in [0.4, 0.5) is 0 Å². The molecule has 2 aliphatic rings. The number of likely N-dealkylation sites (tertiary alicyclic amines) is 1. The summed E-state index contributed by atoms with van der Waals surface area (Å²) in [5.74, 6) is 0.772. The first-order chi connectivity index (χ1) is 11.2. The Morgan fingerprint density at radius 2 is 1.83 bits per heavy atom. The van der Waals surface area contributed by atoms with E-state index < -0.39 is 0 Å². The number of fused-ring (bicyclic) bond motifs is 2. The van der Waals surface area contributed by atoms with Gasteiger partial charge in [-0.3, -0.25) is 4.90 Å². The number of hydrogen-bond acceptors (Lipinski definition) is 2. The van der Waals surface area contributed by atoms with Crippen LogP contribution in [0, 0.1) is 5.92 Å². The predicted molar refractivity (Wildman–Crippen MR) is 103 cm³/mol. The summed E-state index contributed by atoms with van der Waals surface area (Å²) in [6.07, 6.45) is 1.30. The molecule has 1 nitrogen and oxygen atoms in total. The lowest BCUT2D eigenvalue weighted by Crippen LogP contribution is -2.40. The first-order valence-corrected chi connectivity index (χ1v) is 10.2. The monoisotopic (exact) mass is 407 g/mol. The summed E-state index contributed by atoms with van der Waals surface area (Å²) < 4.78 is 0. The summed E-state index contributed by atoms with van der Waals surface area (Å²) in [5.41, 5.74) is 1.41. The van der Waals surface area contributed by atoms with Crippen LogP contribution < -0.4 is 0 Å². The third-order valence-electron chi connectivity index (χ3n) is 4.91. The van der Waals surface area contributed by atoms with Crippen LogP contribution in [0.3, 0.4) is 0 Å². The van der Waals surface area contributed by atoms with E-state index in [9.17, 15) is 0 Å². The van der Waals surface area contributed by atoms with Gasteiger partial charge in [0.1, 0.15) is 0 Å². The normalized spacial score (nSPS) is 30.0. The van der Waals surface area contributed by atoms with Gasteiger partial charge in [-0.1, -0.05) is 57.9 Å². The van der Waals surface area contributed by atoms with Gasteiger partial charge in [-0.2, -0.15) is 0 Å². The molecule has 1 heterocycles. The van der Waals surface area contributed by atoms with Gasteiger partial charge >= 0.3 is 0 Å². The van der Waals surface area contributed by atoms with Crippen LogP contribution >= 0.6 is 39.3 Å². The van der Waals surface area contributed by atoms with Crippen LogP contribution in [0.1, 0.15) is 12.0 Å². The molecule has 1 aliphatic carbocycles. The molecule has 4 heteroatoms. The molecule has 0 amide bonds. The van der Waals surface area contributed by atoms with Crippen molar-refractivity contribution in [2.45, 2.75) is 34.0 Å². The Morgan fingerprint density at radius 3 is 2.52 bits per heavy atom. The number of piperidine rings is 1. The van der Waals surface area contributed by atoms with Gasteiger partial charge in [0.25, 0.3) is 0 Å². The Kier molecular flexibility index (Phi) is 4.73. The number of benzene rings is 2. The highest BCUT2D eigenvalue weighted by Crippen LogP contribution is 2.49. The molecule has 120 valence electrons. The Bertz CT molecular complexity index is 663. The van der Waals surface area contributed by atoms with Gasteiger partial charge < -0.3 is 0 Å². The maximum Gasteiger partial charge on any atom is 0.0406 e. The molecule has 4 rings (SSSR count). The predicted octanol–water partition coefficient (Wildman–Crippen LogP) is 5.47. The lowest BCUT2D eigenvalue weighted by Gasteiger charge is -2.33. The molecule has 0 radical (unpaired) electrons. The fraction of sp³-hybridized carbons (Fsp3) is 0.368. The summed E-state index contributed by atoms with van der Waals surface area (Å²) in [6.45, 7) is 2.27. The van der Waals surface area contributed by atoms with Gasteiger partial charge in [0.15, 0.2) is 0 Å². The third-order valence-corrected chi connectivity index (χ3v) is 7.77. The molecular formula is C19H19BrClNS. The zero-order chi connectivity index (χ0) is 15.8. The number of nitrogens with zero attached hydrogens (tertiary/aromatic N) is 1. The fourth-order valence-corrected chi connectivity index (χ4v) is 6.76. The number of alkyl halides is 1. The van der Waals surface area contributed by atoms with Crippen molar-refractivity contribution in [1.29, 1.82) is 0 Å². The molecule has 0 N–H and O–H groups in total. The molecule has 1 saturated carbocycles. The maximum absolute atomic E-state index is 6.00. The lowest BCUT2D eigenvalue weighted by atomic mass is 10.1. The minimum absolute atomic E-state index is 0.612. The number of halogens is 2. The highest BCUT2D eigenvalue weighted by Gasteiger charge is 2.51. The summed E-state index contributed by atoms with van der Waals surface area (Å²) in [7, 11) is 0. The molecule has 2 bridgehead atoms. The van der Waals surface area contributed by atoms with Crippen LogP contribution in [0.15, 0.2) is 59.5 Å². The Balaban J connectivity index is 1.48. The molecule has 23 heavy (non-hydrogen) atoms. The first kappa shape index (κ1) is 16.0. The van der Waals surface area contributed by atoms with E-state index in [1.54, 1.807) is 0 Å². The van der Waals surface area contributed by atoms with Crippen molar-refractivity contribution in [2.24, 2.45) is 5.92 Å². The smallest absolute Gasteiger partial charge is 0.0406 e. The van der Waals surface area contributed by atoms with Crippen LogP contribution in [0.5, 0.6) is 0 Å². The number of rotatable bonds is 4. The van der Waals surface area contributed by atoms with Gasteiger partial charge in [-0.15, -0.1) is 11.8 Å². The van der Waals surface area contributed by atoms with Crippen molar-refractivity contribution in [1.82, 2.24) is 4.90 Å². The molecule has 4 atom stereocenters. The van der Waals surface area contributed by atoms with Crippen LogP contribution in [0.2, 0.25) is 5.02 Å². The van der Waals surface area contributed by atoms with E-state index in [1.165, 1.54) is 23.4 Å². The van der Waals surface area contributed by atoms with Crippen molar-refractivity contribution in [3.63, 3.8) is 0 Å². The van der Waals surface area contributed by atoms with E-state index in [1.807, 2.05) is 23.9 Å². The van der Waals surface area contributed by atoms with Crippen molar-refractivity contribution >= 4 is 39.3 Å². The van der Waals surface area contributed by atoms with E-state index in [0.29, 0.717) is 16.1 Å². The van der Waals surface area contributed by atoms with Crippen LogP contribution in [-0.2, 0) is 6.54 Å². The Labute approximate surface area is 155 Å². The zero-order valence-corrected chi connectivity index (χ0v) is 15.9. The molecule has 1 aliphatic heterocycles. The van der Waals surface area contributed by atoms with Gasteiger partial charge in [0.05, 0.1) is 0 Å². The molecule has 2 aromatic rings. The van der Waals surface area contributed by atoms with Crippen molar-refractivity contribution in [3.05, 3.63) is 65.2 Å². The maximum atomic E-state index is 6.00. The van der Waals surface area contributed by atoms with Crippen LogP contribution in [0.25, 0.3) is 0 Å². The lowest BCUT2D eigenvalue weighted by molar-refractivity contribution is 0.211. The average molecular weight is 409 g/mol. The summed E-state index contributed by atoms with van der Waals surface area (Å²) in [5, 5.41) is 1.47. The van der Waals surface area contributed by atoms with Crippen molar-refractivity contribution < 1.29 is 0 Å². The summed E-state index contributed by atoms with van der Waals surface area (Å²) in [4.78, 5) is 4.61. The second kappa shape index (κ2) is 6.79. The second-order valence-corrected chi connectivity index (χ2v) is 9.26. The minimum atomic E-state index is 0.612. The average Bonchev–Trinajstić information content (AvgIpc) is 3.02. The molecule has 0 spiro atoms. The molecule has 0 unspecified atom stereocenters. The number of thioether (sulfide) groups is 1. The van der Waals surface area contributed by atoms with Crippen LogP contribution in [-0.4, -0.2) is 27.6 Å². The SMILES string of the molecule is Clc1ccc(S[C@@H]2C[C@H]3CN(Cc4ccccc4)[C@H]2[C@H]3Br)cc1. The molecule has 0 aromatic heterocycles. The second-order valence-electron chi connectivity index (χ2n) is 6.46. The van der Waals surface area contributed by atoms with E-state index in [-0.39, 0.29) is 0 Å². The summed E-state index contributed by atoms with van der Waals surface area (Å²) in [6, 6.07) is 19.7. The Morgan fingerprint density at radius 1 is 1.09 bits per heavy atom. The largest absolute Gasteiger partial charge is 0.294 e. The zero-order valence-electron chi connectivity index (χ0n) is 12.7. The van der Waals surface area contributed by atoms with Gasteiger partial charge in [-0.25, -0.2) is 0 Å². The first-order valence-electron chi connectivity index (χ1n) is 8.05. The third kappa shape index (κ3) is 3.34. The quantitative estimate of drug-likeness (QED) is 0.617. The standard InChI is InChI=1S/C19H19BrClNS/c20-18-14-10-17(23-16-8-6-15(21)7-9-16)19(18)22(12-14)11-13-4-2-1-3-5-13/h1-9,14,17-19H,10-12H2/t14-,17+,18-,19+/m0/s1. The molecule has 2 aromatic carbocycles. The fourth-order valence-electron chi connectivity index (χ4n) is 3.88. The minimum Gasteiger partial charge on any atom is -0.294 e. The van der Waals surface area contributed by atoms with E-state index >= 15 is 0 Å². The highest BCUT2D eigenvalue weighted by molar-refractivity contribution is 9.09. The Hall–Kier alpha value is -0.480. The van der Waals surface area contributed by atoms with Gasteiger partial charge in [-0.05, 0) is 42.2 Å². The van der Waals surface area contributed by atoms with E-state index in [4.69, 9.17) is 11.6 Å². The molecule has 2 fully saturated rings. The van der Waals surface area contributed by atoms with E-state index in [0.717, 1.165) is 17.5 Å².